The number of ether oxygens (including phenoxy) is 1. The van der Waals surface area contributed by atoms with Gasteiger partial charge in [-0.05, 0) is 73.8 Å². The molecule has 0 bridgehead atoms. The minimum Gasteiger partial charge on any atom is -0.418 e. The molecule has 1 atom stereocenters. The summed E-state index contributed by atoms with van der Waals surface area (Å²) in [6.45, 7) is 1.70. The summed E-state index contributed by atoms with van der Waals surface area (Å²) in [7, 11) is 0. The molecule has 186 valence electrons. The average Bonchev–Trinajstić information content (AvgIpc) is 2.77. The molecule has 0 aromatic heterocycles. The zero-order valence-corrected chi connectivity index (χ0v) is 24.5. The van der Waals surface area contributed by atoms with Crippen LogP contribution in [0.5, 0.6) is 5.75 Å². The zero-order chi connectivity index (χ0) is 26.4. The van der Waals surface area contributed by atoms with Crippen LogP contribution in [0.1, 0.15) is 24.2 Å². The van der Waals surface area contributed by atoms with E-state index in [-0.39, 0.29) is 22.7 Å². The van der Waals surface area contributed by atoms with Gasteiger partial charge in [-0.15, -0.1) is 0 Å². The summed E-state index contributed by atoms with van der Waals surface area (Å²) in [6.07, 6.45) is 0. The Labute approximate surface area is 239 Å². The van der Waals surface area contributed by atoms with E-state index >= 15 is 0 Å². The summed E-state index contributed by atoms with van der Waals surface area (Å²) in [5.41, 5.74) is 0.105. The molecule has 4 N–H and O–H groups in total. The van der Waals surface area contributed by atoms with Crippen molar-refractivity contribution < 1.29 is 33.9 Å². The molecular formula is C20H17I3N4O8. The second kappa shape index (κ2) is 12.7. The number of para-hydroxylation sites is 2. The number of carbonyl (C=O) groups excluding carboxylic acids is 4. The highest BCUT2D eigenvalue weighted by Crippen LogP contribution is 2.39. The number of nitro benzene ring substituents is 1. The van der Waals surface area contributed by atoms with Crippen LogP contribution in [0.4, 0.5) is 17.1 Å². The lowest BCUT2D eigenvalue weighted by molar-refractivity contribution is -0.385. The number of benzene rings is 2. The van der Waals surface area contributed by atoms with Crippen molar-refractivity contribution in [2.24, 2.45) is 0 Å². The molecule has 0 aliphatic rings. The molecule has 0 aliphatic carbocycles. The van der Waals surface area contributed by atoms with E-state index in [0.717, 1.165) is 6.07 Å². The lowest BCUT2D eigenvalue weighted by Gasteiger charge is -2.21. The van der Waals surface area contributed by atoms with Gasteiger partial charge in [-0.25, -0.2) is 4.79 Å². The zero-order valence-electron chi connectivity index (χ0n) is 18.0. The quantitative estimate of drug-likeness (QED) is 0.103. The standard InChI is InChI=1S/C20H17I3N4O8/c1-8(29)24-17-14(21)13(15(22)18(16(17)23)25-9(2)30)19(31)26-10(7-28)20(32)35-12-6-4-3-5-11(12)27(33)34/h3-6,10,28H,7H2,1-2H3,(H,24,29)(H,25,30)(H,26,31)/t10-/m0/s1. The predicted molar refractivity (Wildman–Crippen MR) is 150 cm³/mol. The SMILES string of the molecule is CC(=O)Nc1c(I)c(NC(C)=O)c(I)c(C(=O)N[C@@H](CO)C(=O)Oc2ccccc2[N+](=O)[O-])c1I. The fourth-order valence-corrected chi connectivity index (χ4v) is 6.91. The number of anilines is 2. The van der Waals surface area contributed by atoms with Crippen LogP contribution >= 0.6 is 67.8 Å². The van der Waals surface area contributed by atoms with E-state index in [2.05, 4.69) is 16.0 Å². The summed E-state index contributed by atoms with van der Waals surface area (Å²) in [5, 5.41) is 28.5. The van der Waals surface area contributed by atoms with Crippen molar-refractivity contribution in [2.75, 3.05) is 17.2 Å². The third-order valence-electron chi connectivity index (χ3n) is 4.19. The number of nitrogens with zero attached hydrogens (tertiary/aromatic N) is 1. The number of esters is 1. The maximum absolute atomic E-state index is 13.2. The molecule has 2 aromatic rings. The van der Waals surface area contributed by atoms with Gasteiger partial charge in [0.2, 0.25) is 17.6 Å². The van der Waals surface area contributed by atoms with E-state index in [1.807, 2.05) is 67.8 Å². The highest BCUT2D eigenvalue weighted by atomic mass is 127. The van der Waals surface area contributed by atoms with Crippen molar-refractivity contribution in [3.63, 3.8) is 0 Å². The van der Waals surface area contributed by atoms with E-state index in [1.165, 1.54) is 32.0 Å². The fraction of sp³-hybridized carbons (Fsp3) is 0.200. The summed E-state index contributed by atoms with van der Waals surface area (Å²) < 4.78 is 6.18. The summed E-state index contributed by atoms with van der Waals surface area (Å²) in [5.74, 6) is -3.12. The minimum atomic E-state index is -1.57. The van der Waals surface area contributed by atoms with Gasteiger partial charge in [0.15, 0.2) is 6.04 Å². The maximum Gasteiger partial charge on any atom is 0.336 e. The molecule has 15 heteroatoms. The van der Waals surface area contributed by atoms with Gasteiger partial charge >= 0.3 is 11.7 Å². The normalized spacial score (nSPS) is 11.3. The van der Waals surface area contributed by atoms with Crippen LogP contribution < -0.4 is 20.7 Å². The minimum absolute atomic E-state index is 0.0241. The van der Waals surface area contributed by atoms with Crippen LogP contribution in [0, 0.1) is 20.8 Å². The Morgan fingerprint density at radius 1 is 1.00 bits per heavy atom. The Morgan fingerprint density at radius 2 is 1.51 bits per heavy atom. The Bertz CT molecular complexity index is 1180. The predicted octanol–water partition coefficient (Wildman–Crippen LogP) is 3.02. The lowest BCUT2D eigenvalue weighted by Crippen LogP contribution is -2.46. The molecule has 0 fully saturated rings. The van der Waals surface area contributed by atoms with Crippen LogP contribution in [0.3, 0.4) is 0 Å². The van der Waals surface area contributed by atoms with Gasteiger partial charge in [-0.3, -0.25) is 24.5 Å². The number of carbonyl (C=O) groups is 4. The first-order chi connectivity index (χ1) is 16.4. The molecule has 0 spiro atoms. The third-order valence-corrected chi connectivity index (χ3v) is 7.43. The fourth-order valence-electron chi connectivity index (χ4n) is 2.72. The van der Waals surface area contributed by atoms with E-state index in [1.54, 1.807) is 0 Å². The molecule has 2 aromatic carbocycles. The van der Waals surface area contributed by atoms with Gasteiger partial charge in [0, 0.05) is 19.9 Å². The topological polar surface area (TPSA) is 177 Å². The first kappa shape index (κ1) is 29.1. The van der Waals surface area contributed by atoms with Gasteiger partial charge in [0.1, 0.15) is 0 Å². The van der Waals surface area contributed by atoms with Gasteiger partial charge < -0.3 is 25.8 Å². The lowest BCUT2D eigenvalue weighted by atomic mass is 10.1. The van der Waals surface area contributed by atoms with Crippen LogP contribution in [0.2, 0.25) is 0 Å². The Balaban J connectivity index is 2.44. The summed E-state index contributed by atoms with van der Waals surface area (Å²) in [6, 6.07) is 3.59. The van der Waals surface area contributed by atoms with Gasteiger partial charge in [-0.2, -0.15) is 0 Å². The molecule has 0 heterocycles. The maximum atomic E-state index is 13.2. The van der Waals surface area contributed by atoms with E-state index in [4.69, 9.17) is 4.74 Å². The van der Waals surface area contributed by atoms with E-state index in [0.29, 0.717) is 10.7 Å². The van der Waals surface area contributed by atoms with Crippen LogP contribution in [-0.4, -0.2) is 46.4 Å². The third kappa shape index (κ3) is 7.19. The van der Waals surface area contributed by atoms with E-state index in [9.17, 15) is 34.4 Å². The molecule has 0 aliphatic heterocycles. The molecule has 0 saturated carbocycles. The van der Waals surface area contributed by atoms with Crippen molar-refractivity contribution in [1.82, 2.24) is 5.32 Å². The smallest absolute Gasteiger partial charge is 0.336 e. The summed E-state index contributed by atoms with van der Waals surface area (Å²) >= 11 is 5.62. The monoisotopic (exact) mass is 822 g/mol. The molecule has 35 heavy (non-hydrogen) atoms. The highest BCUT2D eigenvalue weighted by molar-refractivity contribution is 14.1. The number of hydrogen-bond acceptors (Lipinski definition) is 8. The Hall–Kier alpha value is -2.13. The van der Waals surface area contributed by atoms with Crippen molar-refractivity contribution in [3.8, 4) is 5.75 Å². The first-order valence-corrected chi connectivity index (χ1v) is 12.7. The number of aliphatic hydroxyl groups excluding tert-OH is 1. The number of halogens is 3. The van der Waals surface area contributed by atoms with Crippen LogP contribution in [-0.2, 0) is 14.4 Å². The first-order valence-electron chi connectivity index (χ1n) is 9.51. The largest absolute Gasteiger partial charge is 0.418 e. The second-order valence-corrected chi connectivity index (χ2v) is 10.0. The van der Waals surface area contributed by atoms with Crippen LogP contribution in [0.25, 0.3) is 0 Å². The molecule has 0 unspecified atom stereocenters. The number of amides is 3. The highest BCUT2D eigenvalue weighted by Gasteiger charge is 2.30. The van der Waals surface area contributed by atoms with Crippen molar-refractivity contribution in [2.45, 2.75) is 19.9 Å². The number of nitro groups is 1. The average molecular weight is 822 g/mol. The van der Waals surface area contributed by atoms with Crippen molar-refractivity contribution in [1.29, 1.82) is 0 Å². The van der Waals surface area contributed by atoms with Crippen molar-refractivity contribution in [3.05, 3.63) is 50.7 Å². The Kier molecular flexibility index (Phi) is 10.6. The van der Waals surface area contributed by atoms with Gasteiger partial charge in [0.25, 0.3) is 5.91 Å². The molecule has 0 saturated heterocycles. The van der Waals surface area contributed by atoms with Crippen molar-refractivity contribution >= 4 is 109 Å². The molecule has 0 radical (unpaired) electrons. The van der Waals surface area contributed by atoms with Gasteiger partial charge in [-0.1, -0.05) is 12.1 Å². The number of nitrogens with one attached hydrogen (secondary N) is 3. The van der Waals surface area contributed by atoms with E-state index < -0.39 is 47.0 Å². The van der Waals surface area contributed by atoms with Crippen LogP contribution in [0.15, 0.2) is 24.3 Å². The molecule has 2 rings (SSSR count). The summed E-state index contributed by atoms with van der Waals surface area (Å²) in [4.78, 5) is 59.7. The second-order valence-electron chi connectivity index (χ2n) is 6.78. The number of aliphatic hydroxyl groups is 1. The Morgan fingerprint density at radius 3 is 1.97 bits per heavy atom. The molecule has 3 amide bonds. The molecular weight excluding hydrogens is 805 g/mol. The number of rotatable bonds is 8. The number of hydrogen-bond donors (Lipinski definition) is 4. The van der Waals surface area contributed by atoms with Gasteiger partial charge in [0.05, 0.1) is 39.2 Å². The molecule has 12 nitrogen and oxygen atoms in total.